The van der Waals surface area contributed by atoms with Crippen LogP contribution in [0, 0.1) is 13.8 Å². The standard InChI is InChI=1S/C15H18N8O3S2/c1-6-3-7(2)23(20-6)14-18-19-15(22(14)17)28-5-8-4-27-12-9(16)11(24)21(12)10(8)13(25)26/h3,9,12H,4-5,16-17H2,1-2H3,(H,25,26). The minimum absolute atomic E-state index is 0.00445. The molecule has 5 N–H and O–H groups in total. The van der Waals surface area contributed by atoms with E-state index in [1.54, 1.807) is 4.68 Å². The Hall–Kier alpha value is -2.51. The highest BCUT2D eigenvalue weighted by Gasteiger charge is 2.51. The quantitative estimate of drug-likeness (QED) is 0.325. The van der Waals surface area contributed by atoms with Gasteiger partial charge >= 0.3 is 5.97 Å². The molecule has 1 fully saturated rings. The molecule has 4 heterocycles. The maximum Gasteiger partial charge on any atom is 0.352 e. The Morgan fingerprint density at radius 2 is 2.18 bits per heavy atom. The van der Waals surface area contributed by atoms with Gasteiger partial charge in [0.2, 0.25) is 11.1 Å². The second kappa shape index (κ2) is 6.83. The van der Waals surface area contributed by atoms with Crippen LogP contribution < -0.4 is 11.6 Å². The first-order valence-electron chi connectivity index (χ1n) is 8.32. The number of hydrogen-bond donors (Lipinski definition) is 3. The summed E-state index contributed by atoms with van der Waals surface area (Å²) in [6.07, 6.45) is 0. The molecule has 0 spiro atoms. The monoisotopic (exact) mass is 422 g/mol. The van der Waals surface area contributed by atoms with Crippen molar-refractivity contribution in [3.8, 4) is 5.95 Å². The number of nitrogens with two attached hydrogens (primary N) is 2. The van der Waals surface area contributed by atoms with Crippen LogP contribution in [0.1, 0.15) is 11.4 Å². The first-order chi connectivity index (χ1) is 13.3. The fourth-order valence-corrected chi connectivity index (χ4v) is 5.47. The van der Waals surface area contributed by atoms with Gasteiger partial charge < -0.3 is 16.7 Å². The number of carboxylic acid groups (broad SMARTS) is 1. The summed E-state index contributed by atoms with van der Waals surface area (Å²) in [4.78, 5) is 25.0. The lowest BCUT2D eigenvalue weighted by Gasteiger charge is -2.48. The summed E-state index contributed by atoms with van der Waals surface area (Å²) in [5, 5.41) is 22.2. The van der Waals surface area contributed by atoms with Gasteiger partial charge in [0.1, 0.15) is 17.1 Å². The molecule has 2 aliphatic rings. The molecule has 0 saturated carbocycles. The first-order valence-corrected chi connectivity index (χ1v) is 10.4. The van der Waals surface area contributed by atoms with Crippen LogP contribution in [0.15, 0.2) is 22.5 Å². The molecule has 2 aromatic rings. The number of nitrogens with zero attached hydrogens (tertiary/aromatic N) is 6. The highest BCUT2D eigenvalue weighted by Crippen LogP contribution is 2.40. The maximum atomic E-state index is 12.0. The Labute approximate surface area is 168 Å². The molecule has 1 amide bonds. The number of aryl methyl sites for hydroxylation is 2. The van der Waals surface area contributed by atoms with Crippen molar-refractivity contribution in [3.63, 3.8) is 0 Å². The number of carbonyl (C=O) groups excluding carboxylic acids is 1. The third-order valence-corrected chi connectivity index (χ3v) is 6.90. The number of nitrogen functional groups attached to an aromatic ring is 1. The summed E-state index contributed by atoms with van der Waals surface area (Å²) < 4.78 is 2.91. The third kappa shape index (κ3) is 2.86. The fraction of sp³-hybridized carbons (Fsp3) is 0.400. The molecule has 4 rings (SSSR count). The zero-order valence-corrected chi connectivity index (χ0v) is 16.7. The largest absolute Gasteiger partial charge is 0.477 e. The molecule has 0 radical (unpaired) electrons. The molecule has 2 unspecified atom stereocenters. The van der Waals surface area contributed by atoms with E-state index in [1.807, 2.05) is 19.9 Å². The van der Waals surface area contributed by atoms with E-state index in [0.29, 0.717) is 28.2 Å². The van der Waals surface area contributed by atoms with E-state index in [0.717, 1.165) is 11.4 Å². The highest BCUT2D eigenvalue weighted by atomic mass is 32.2. The molecule has 0 aliphatic carbocycles. The van der Waals surface area contributed by atoms with Gasteiger partial charge in [-0.1, -0.05) is 11.8 Å². The molecular weight excluding hydrogens is 404 g/mol. The average Bonchev–Trinajstić information content (AvgIpc) is 3.19. The molecular formula is C15H18N8O3S2. The van der Waals surface area contributed by atoms with Crippen molar-refractivity contribution in [2.24, 2.45) is 5.73 Å². The highest BCUT2D eigenvalue weighted by molar-refractivity contribution is 8.01. The number of hydrogen-bond acceptors (Lipinski definition) is 9. The number of carboxylic acids is 1. The molecule has 11 nitrogen and oxygen atoms in total. The number of aliphatic carboxylic acids is 1. The smallest absolute Gasteiger partial charge is 0.352 e. The van der Waals surface area contributed by atoms with Crippen LogP contribution in [0.4, 0.5) is 0 Å². The summed E-state index contributed by atoms with van der Waals surface area (Å²) in [7, 11) is 0. The third-order valence-electron chi connectivity index (χ3n) is 4.51. The van der Waals surface area contributed by atoms with E-state index in [4.69, 9.17) is 11.6 Å². The van der Waals surface area contributed by atoms with Crippen LogP contribution in [0.3, 0.4) is 0 Å². The van der Waals surface area contributed by atoms with E-state index >= 15 is 0 Å². The summed E-state index contributed by atoms with van der Waals surface area (Å²) in [6, 6.07) is 1.25. The van der Waals surface area contributed by atoms with Gasteiger partial charge in [-0.2, -0.15) is 5.10 Å². The summed E-state index contributed by atoms with van der Waals surface area (Å²) in [5.74, 6) is 5.75. The number of thioether (sulfide) groups is 2. The van der Waals surface area contributed by atoms with Gasteiger partial charge in [-0.15, -0.1) is 22.0 Å². The van der Waals surface area contributed by atoms with Gasteiger partial charge in [-0.25, -0.2) is 14.2 Å². The normalized spacial score (nSPS) is 21.7. The minimum Gasteiger partial charge on any atom is -0.477 e. The van der Waals surface area contributed by atoms with Crippen LogP contribution in [0.2, 0.25) is 0 Å². The number of carbonyl (C=O) groups is 2. The molecule has 0 bridgehead atoms. The minimum atomic E-state index is -1.14. The summed E-state index contributed by atoms with van der Waals surface area (Å²) >= 11 is 2.71. The average molecular weight is 422 g/mol. The zero-order chi connectivity index (χ0) is 20.2. The number of rotatable bonds is 5. The maximum absolute atomic E-state index is 12.0. The lowest BCUT2D eigenvalue weighted by molar-refractivity contribution is -0.147. The van der Waals surface area contributed by atoms with Gasteiger partial charge in [0, 0.05) is 17.2 Å². The van der Waals surface area contributed by atoms with Crippen LogP contribution in [0.5, 0.6) is 0 Å². The van der Waals surface area contributed by atoms with Crippen LogP contribution in [-0.4, -0.2) is 69.5 Å². The number of fused-ring (bicyclic) bond motifs is 1. The van der Waals surface area contributed by atoms with Gasteiger partial charge in [0.05, 0.1) is 5.69 Å². The van der Waals surface area contributed by atoms with Gasteiger partial charge in [0.25, 0.3) is 5.95 Å². The Morgan fingerprint density at radius 1 is 1.43 bits per heavy atom. The second-order valence-electron chi connectivity index (χ2n) is 6.47. The van der Waals surface area contributed by atoms with Crippen molar-refractivity contribution >= 4 is 35.4 Å². The SMILES string of the molecule is Cc1cc(C)n(-c2nnc(SCC3=C(C(=O)O)N4C(=O)C(N)C4SC3)n2N)n1. The number of amides is 1. The Bertz CT molecular complexity index is 1010. The van der Waals surface area contributed by atoms with Crippen molar-refractivity contribution in [1.82, 2.24) is 29.6 Å². The number of aromatic nitrogens is 5. The molecule has 2 aliphatic heterocycles. The molecule has 148 valence electrons. The van der Waals surface area contributed by atoms with E-state index < -0.39 is 12.0 Å². The van der Waals surface area contributed by atoms with Gasteiger partial charge in [-0.05, 0) is 25.5 Å². The van der Waals surface area contributed by atoms with Crippen LogP contribution in [0.25, 0.3) is 5.95 Å². The Morgan fingerprint density at radius 3 is 2.82 bits per heavy atom. The molecule has 28 heavy (non-hydrogen) atoms. The zero-order valence-electron chi connectivity index (χ0n) is 15.1. The lowest BCUT2D eigenvalue weighted by atomic mass is 10.0. The van der Waals surface area contributed by atoms with Gasteiger partial charge in [0.15, 0.2) is 0 Å². The summed E-state index contributed by atoms with van der Waals surface area (Å²) in [6.45, 7) is 3.75. The predicted octanol–water partition coefficient (Wildman–Crippen LogP) is -0.532. The summed E-state index contributed by atoms with van der Waals surface area (Å²) in [5.41, 5.74) is 8.08. The lowest BCUT2D eigenvalue weighted by Crippen LogP contribution is -2.68. The molecule has 0 aromatic carbocycles. The second-order valence-corrected chi connectivity index (χ2v) is 8.52. The first kappa shape index (κ1) is 18.8. The fourth-order valence-electron chi connectivity index (χ4n) is 3.19. The van der Waals surface area contributed by atoms with Crippen molar-refractivity contribution < 1.29 is 14.7 Å². The van der Waals surface area contributed by atoms with Crippen LogP contribution >= 0.6 is 23.5 Å². The molecule has 2 atom stereocenters. The predicted molar refractivity (Wildman–Crippen MR) is 103 cm³/mol. The van der Waals surface area contributed by atoms with Crippen LogP contribution in [-0.2, 0) is 9.59 Å². The van der Waals surface area contributed by atoms with E-state index in [9.17, 15) is 14.7 Å². The van der Waals surface area contributed by atoms with E-state index in [1.165, 1.54) is 33.1 Å². The van der Waals surface area contributed by atoms with Crippen molar-refractivity contribution in [1.29, 1.82) is 0 Å². The number of β-lactam (4-membered cyclic amide) rings is 1. The molecule has 13 heteroatoms. The van der Waals surface area contributed by atoms with Crippen molar-refractivity contribution in [2.45, 2.75) is 30.4 Å². The van der Waals surface area contributed by atoms with E-state index in [-0.39, 0.29) is 17.0 Å². The Balaban J connectivity index is 1.57. The molecule has 2 aromatic heterocycles. The molecule has 1 saturated heterocycles. The van der Waals surface area contributed by atoms with Crippen molar-refractivity contribution in [3.05, 3.63) is 28.7 Å². The Kier molecular flexibility index (Phi) is 4.59. The van der Waals surface area contributed by atoms with Gasteiger partial charge in [-0.3, -0.25) is 9.69 Å². The van der Waals surface area contributed by atoms with Crippen molar-refractivity contribution in [2.75, 3.05) is 17.3 Å². The van der Waals surface area contributed by atoms with E-state index in [2.05, 4.69) is 15.3 Å². The topological polar surface area (TPSA) is 158 Å².